The van der Waals surface area contributed by atoms with Crippen molar-refractivity contribution >= 4 is 5.82 Å². The van der Waals surface area contributed by atoms with E-state index in [9.17, 15) is 0 Å². The second-order valence-corrected chi connectivity index (χ2v) is 3.37. The standard InChI is InChI=1S/C9H15N3O/c1-2-12-9(10)5-8(11-12)7-3-4-13-6-7/h5,7H,2-4,6,10H2,1H3. The Bertz CT molecular complexity index is 289. The van der Waals surface area contributed by atoms with Crippen LogP contribution in [0.2, 0.25) is 0 Å². The largest absolute Gasteiger partial charge is 0.384 e. The minimum Gasteiger partial charge on any atom is -0.384 e. The molecule has 1 aliphatic rings. The normalized spacial score (nSPS) is 22.4. The highest BCUT2D eigenvalue weighted by atomic mass is 16.5. The van der Waals surface area contributed by atoms with E-state index in [2.05, 4.69) is 5.10 Å². The molecule has 1 fully saturated rings. The molecule has 1 aromatic heterocycles. The smallest absolute Gasteiger partial charge is 0.121 e. The van der Waals surface area contributed by atoms with Crippen LogP contribution in [0.1, 0.15) is 25.0 Å². The van der Waals surface area contributed by atoms with Crippen LogP contribution in [-0.4, -0.2) is 23.0 Å². The Balaban J connectivity index is 2.20. The Hall–Kier alpha value is -1.03. The highest BCUT2D eigenvalue weighted by molar-refractivity contribution is 5.32. The molecule has 0 spiro atoms. The lowest BCUT2D eigenvalue weighted by Gasteiger charge is -2.01. The average molecular weight is 181 g/mol. The molecule has 2 N–H and O–H groups in total. The van der Waals surface area contributed by atoms with E-state index in [0.29, 0.717) is 5.92 Å². The molecule has 72 valence electrons. The summed E-state index contributed by atoms with van der Waals surface area (Å²) >= 11 is 0. The molecule has 13 heavy (non-hydrogen) atoms. The van der Waals surface area contributed by atoms with Gasteiger partial charge in [0.1, 0.15) is 5.82 Å². The van der Waals surface area contributed by atoms with Crippen molar-refractivity contribution in [1.82, 2.24) is 9.78 Å². The van der Waals surface area contributed by atoms with Gasteiger partial charge in [-0.15, -0.1) is 0 Å². The number of hydrogen-bond donors (Lipinski definition) is 1. The molecule has 0 aliphatic carbocycles. The van der Waals surface area contributed by atoms with Crippen molar-refractivity contribution in [2.45, 2.75) is 25.8 Å². The zero-order valence-electron chi connectivity index (χ0n) is 7.86. The van der Waals surface area contributed by atoms with E-state index in [4.69, 9.17) is 10.5 Å². The molecule has 4 heteroatoms. The molecule has 2 rings (SSSR count). The molecular formula is C9H15N3O. The van der Waals surface area contributed by atoms with Crippen molar-refractivity contribution in [3.8, 4) is 0 Å². The van der Waals surface area contributed by atoms with Crippen molar-refractivity contribution in [1.29, 1.82) is 0 Å². The Morgan fingerprint density at radius 1 is 1.77 bits per heavy atom. The molecule has 1 atom stereocenters. The molecule has 0 radical (unpaired) electrons. The Kier molecular flexibility index (Phi) is 2.22. The third-order valence-electron chi connectivity index (χ3n) is 2.48. The van der Waals surface area contributed by atoms with Gasteiger partial charge in [-0.3, -0.25) is 4.68 Å². The number of anilines is 1. The number of rotatable bonds is 2. The number of nitrogens with two attached hydrogens (primary N) is 1. The maximum absolute atomic E-state index is 5.78. The first-order valence-electron chi connectivity index (χ1n) is 4.72. The van der Waals surface area contributed by atoms with E-state index in [1.165, 1.54) is 0 Å². The molecule has 0 bridgehead atoms. The average Bonchev–Trinajstić information content (AvgIpc) is 2.71. The Labute approximate surface area is 77.7 Å². The highest BCUT2D eigenvalue weighted by Gasteiger charge is 2.20. The molecule has 0 aromatic carbocycles. The number of hydrogen-bond acceptors (Lipinski definition) is 3. The first kappa shape index (κ1) is 8.56. The van der Waals surface area contributed by atoms with E-state index in [0.717, 1.165) is 37.7 Å². The van der Waals surface area contributed by atoms with Gasteiger partial charge in [0, 0.05) is 25.1 Å². The van der Waals surface area contributed by atoms with Crippen molar-refractivity contribution in [3.63, 3.8) is 0 Å². The van der Waals surface area contributed by atoms with Crippen molar-refractivity contribution in [2.24, 2.45) is 0 Å². The molecule has 1 aromatic rings. The fourth-order valence-electron chi connectivity index (χ4n) is 1.67. The fraction of sp³-hybridized carbons (Fsp3) is 0.667. The monoisotopic (exact) mass is 181 g/mol. The van der Waals surface area contributed by atoms with Crippen LogP contribution in [0.3, 0.4) is 0 Å². The summed E-state index contributed by atoms with van der Waals surface area (Å²) in [6.45, 7) is 4.52. The number of nitrogens with zero attached hydrogens (tertiary/aromatic N) is 2. The first-order valence-corrected chi connectivity index (χ1v) is 4.72. The maximum Gasteiger partial charge on any atom is 0.121 e. The van der Waals surface area contributed by atoms with Gasteiger partial charge in [-0.05, 0) is 13.3 Å². The van der Waals surface area contributed by atoms with E-state index < -0.39 is 0 Å². The minimum absolute atomic E-state index is 0.454. The lowest BCUT2D eigenvalue weighted by molar-refractivity contribution is 0.193. The molecule has 0 saturated carbocycles. The van der Waals surface area contributed by atoms with Gasteiger partial charge < -0.3 is 10.5 Å². The third-order valence-corrected chi connectivity index (χ3v) is 2.48. The second-order valence-electron chi connectivity index (χ2n) is 3.37. The van der Waals surface area contributed by atoms with Gasteiger partial charge in [0.2, 0.25) is 0 Å². The third kappa shape index (κ3) is 1.54. The SMILES string of the molecule is CCn1nc(C2CCOC2)cc1N. The number of aromatic nitrogens is 2. The molecule has 1 saturated heterocycles. The summed E-state index contributed by atoms with van der Waals surface area (Å²) in [6.07, 6.45) is 1.07. The number of aryl methyl sites for hydroxylation is 1. The van der Waals surface area contributed by atoms with Gasteiger partial charge in [-0.1, -0.05) is 0 Å². The summed E-state index contributed by atoms with van der Waals surface area (Å²) in [7, 11) is 0. The minimum atomic E-state index is 0.454. The molecule has 2 heterocycles. The zero-order chi connectivity index (χ0) is 9.26. The second kappa shape index (κ2) is 3.38. The zero-order valence-corrected chi connectivity index (χ0v) is 7.86. The fourth-order valence-corrected chi connectivity index (χ4v) is 1.67. The summed E-state index contributed by atoms with van der Waals surface area (Å²) in [5.41, 5.74) is 6.86. The predicted molar refractivity (Wildman–Crippen MR) is 50.5 cm³/mol. The Morgan fingerprint density at radius 2 is 2.62 bits per heavy atom. The number of nitrogen functional groups attached to an aromatic ring is 1. The van der Waals surface area contributed by atoms with Crippen LogP contribution in [0.5, 0.6) is 0 Å². The van der Waals surface area contributed by atoms with E-state index in [1.807, 2.05) is 17.7 Å². The van der Waals surface area contributed by atoms with Crippen LogP contribution in [0.4, 0.5) is 5.82 Å². The van der Waals surface area contributed by atoms with Crippen LogP contribution in [0.25, 0.3) is 0 Å². The van der Waals surface area contributed by atoms with Gasteiger partial charge in [0.25, 0.3) is 0 Å². The Morgan fingerprint density at radius 3 is 3.15 bits per heavy atom. The van der Waals surface area contributed by atoms with E-state index >= 15 is 0 Å². The quantitative estimate of drug-likeness (QED) is 0.740. The molecular weight excluding hydrogens is 166 g/mol. The van der Waals surface area contributed by atoms with Gasteiger partial charge >= 0.3 is 0 Å². The molecule has 1 aliphatic heterocycles. The van der Waals surface area contributed by atoms with Crippen molar-refractivity contribution in [2.75, 3.05) is 18.9 Å². The summed E-state index contributed by atoms with van der Waals surface area (Å²) < 4.78 is 7.13. The van der Waals surface area contributed by atoms with Gasteiger partial charge in [0.05, 0.1) is 12.3 Å². The highest BCUT2D eigenvalue weighted by Crippen LogP contribution is 2.25. The number of ether oxygens (including phenoxy) is 1. The van der Waals surface area contributed by atoms with Crippen LogP contribution in [0, 0.1) is 0 Å². The lowest BCUT2D eigenvalue weighted by atomic mass is 10.1. The summed E-state index contributed by atoms with van der Waals surface area (Å²) in [5, 5.41) is 4.42. The molecule has 4 nitrogen and oxygen atoms in total. The topological polar surface area (TPSA) is 53.1 Å². The summed E-state index contributed by atoms with van der Waals surface area (Å²) in [4.78, 5) is 0. The van der Waals surface area contributed by atoms with Crippen molar-refractivity contribution < 1.29 is 4.74 Å². The predicted octanol–water partition coefficient (Wildman–Crippen LogP) is 0.989. The van der Waals surface area contributed by atoms with Gasteiger partial charge in [0.15, 0.2) is 0 Å². The van der Waals surface area contributed by atoms with Crippen LogP contribution < -0.4 is 5.73 Å². The van der Waals surface area contributed by atoms with Crippen LogP contribution in [-0.2, 0) is 11.3 Å². The summed E-state index contributed by atoms with van der Waals surface area (Å²) in [5.74, 6) is 1.21. The first-order chi connectivity index (χ1) is 6.31. The summed E-state index contributed by atoms with van der Waals surface area (Å²) in [6, 6.07) is 1.96. The molecule has 0 amide bonds. The van der Waals surface area contributed by atoms with Crippen LogP contribution >= 0.6 is 0 Å². The van der Waals surface area contributed by atoms with E-state index in [1.54, 1.807) is 0 Å². The van der Waals surface area contributed by atoms with Crippen molar-refractivity contribution in [3.05, 3.63) is 11.8 Å². The maximum atomic E-state index is 5.78. The van der Waals surface area contributed by atoms with Gasteiger partial charge in [-0.2, -0.15) is 5.10 Å². The van der Waals surface area contributed by atoms with Crippen LogP contribution in [0.15, 0.2) is 6.07 Å². The van der Waals surface area contributed by atoms with Gasteiger partial charge in [-0.25, -0.2) is 0 Å². The van der Waals surface area contributed by atoms with E-state index in [-0.39, 0.29) is 0 Å². The lowest BCUT2D eigenvalue weighted by Crippen LogP contribution is -2.03. The molecule has 1 unspecified atom stereocenters.